The van der Waals surface area contributed by atoms with Crippen LogP contribution < -0.4 is 5.32 Å². The van der Waals surface area contributed by atoms with Crippen molar-refractivity contribution in [3.8, 4) is 0 Å². The Hall–Kier alpha value is -0.750. The zero-order chi connectivity index (χ0) is 10.4. The van der Waals surface area contributed by atoms with E-state index in [4.69, 9.17) is 10.2 Å². The number of carbonyl (C=O) groups is 2. The molecule has 3 N–H and O–H groups in total. The zero-order valence-corrected chi connectivity index (χ0v) is 8.12. The molecule has 0 rings (SSSR count). The summed E-state index contributed by atoms with van der Waals surface area (Å²) in [4.78, 5) is 21.4. The van der Waals surface area contributed by atoms with Crippen LogP contribution in [-0.4, -0.2) is 40.0 Å². The molecule has 0 aromatic carbocycles. The maximum absolute atomic E-state index is 10.9. The minimum absolute atomic E-state index is 0.233. The number of hydrogen-bond acceptors (Lipinski definition) is 4. The Morgan fingerprint density at radius 2 is 2.08 bits per heavy atom. The van der Waals surface area contributed by atoms with Gasteiger partial charge in [0.05, 0.1) is 0 Å². The number of carbonyl (C=O) groups excluding carboxylic acids is 1. The summed E-state index contributed by atoms with van der Waals surface area (Å²) in [6.45, 7) is 1.27. The average molecular weight is 207 g/mol. The number of aliphatic hydroxyl groups is 1. The Morgan fingerprint density at radius 3 is 2.38 bits per heavy atom. The van der Waals surface area contributed by atoms with Gasteiger partial charge in [0.15, 0.2) is 0 Å². The second kappa shape index (κ2) is 5.82. The molecule has 0 saturated carbocycles. The Bertz CT molecular complexity index is 195. The van der Waals surface area contributed by atoms with E-state index in [0.717, 1.165) is 0 Å². The maximum Gasteiger partial charge on any atom is 0.326 e. The summed E-state index contributed by atoms with van der Waals surface area (Å²) >= 11 is 3.85. The van der Waals surface area contributed by atoms with E-state index in [-0.39, 0.29) is 6.42 Å². The van der Waals surface area contributed by atoms with Crippen LogP contribution >= 0.6 is 12.6 Å². The summed E-state index contributed by atoms with van der Waals surface area (Å²) in [5, 5.41) is 19.6. The Morgan fingerprint density at radius 1 is 1.54 bits per heavy atom. The smallest absolute Gasteiger partial charge is 0.326 e. The van der Waals surface area contributed by atoms with Crippen molar-refractivity contribution in [3.63, 3.8) is 0 Å². The molecule has 1 amide bonds. The first-order valence-electron chi connectivity index (χ1n) is 3.81. The third-order valence-corrected chi connectivity index (χ3v) is 1.67. The number of hydrogen-bond donors (Lipinski definition) is 4. The van der Waals surface area contributed by atoms with Gasteiger partial charge in [0, 0.05) is 0 Å². The molecular formula is C7H13NO4S. The lowest BCUT2D eigenvalue weighted by Crippen LogP contribution is -2.44. The number of carboxylic acids is 1. The average Bonchev–Trinajstić information content (AvgIpc) is 2.03. The van der Waals surface area contributed by atoms with Gasteiger partial charge in [-0.1, -0.05) is 0 Å². The SMILES string of the molecule is C[C@@H](O)C(=O)N[C@@H](CCS)C(=O)O. The predicted octanol–water partition coefficient (Wildman–Crippen LogP) is -0.744. The van der Waals surface area contributed by atoms with Crippen LogP contribution in [0.2, 0.25) is 0 Å². The Kier molecular flexibility index (Phi) is 5.48. The van der Waals surface area contributed by atoms with E-state index in [1.807, 2.05) is 0 Å². The fourth-order valence-electron chi connectivity index (χ4n) is 0.679. The molecule has 0 aliphatic carbocycles. The third-order valence-electron chi connectivity index (χ3n) is 1.41. The van der Waals surface area contributed by atoms with Gasteiger partial charge in [-0.05, 0) is 19.1 Å². The normalized spacial score (nSPS) is 14.7. The van der Waals surface area contributed by atoms with Crippen LogP contribution in [0.4, 0.5) is 0 Å². The van der Waals surface area contributed by atoms with Gasteiger partial charge in [-0.25, -0.2) is 4.79 Å². The monoisotopic (exact) mass is 207 g/mol. The van der Waals surface area contributed by atoms with Gasteiger partial charge in [-0.3, -0.25) is 4.79 Å². The summed E-state index contributed by atoms with van der Waals surface area (Å²) in [7, 11) is 0. The number of aliphatic carboxylic acids is 1. The lowest BCUT2D eigenvalue weighted by Gasteiger charge is -2.14. The van der Waals surface area contributed by atoms with Crippen LogP contribution in [0.5, 0.6) is 0 Å². The second-order valence-corrected chi connectivity index (χ2v) is 3.03. The molecule has 5 nitrogen and oxygen atoms in total. The van der Waals surface area contributed by atoms with E-state index in [1.165, 1.54) is 6.92 Å². The molecule has 0 spiro atoms. The zero-order valence-electron chi connectivity index (χ0n) is 7.23. The fourth-order valence-corrected chi connectivity index (χ4v) is 0.937. The van der Waals surface area contributed by atoms with Crippen molar-refractivity contribution in [1.29, 1.82) is 0 Å². The maximum atomic E-state index is 10.9. The number of carboxylic acid groups (broad SMARTS) is 1. The Balaban J connectivity index is 4.10. The van der Waals surface area contributed by atoms with Gasteiger partial charge in [-0.15, -0.1) is 0 Å². The third kappa shape index (κ3) is 4.74. The summed E-state index contributed by atoms with van der Waals surface area (Å²) in [6, 6.07) is -0.973. The molecule has 0 unspecified atom stereocenters. The molecule has 0 aromatic heterocycles. The van der Waals surface area contributed by atoms with Gasteiger partial charge in [0.1, 0.15) is 12.1 Å². The van der Waals surface area contributed by atoms with E-state index < -0.39 is 24.0 Å². The van der Waals surface area contributed by atoms with Crippen LogP contribution in [0.3, 0.4) is 0 Å². The minimum Gasteiger partial charge on any atom is -0.480 e. The molecule has 76 valence electrons. The van der Waals surface area contributed by atoms with Crippen molar-refractivity contribution in [1.82, 2.24) is 5.32 Å². The number of aliphatic hydroxyl groups excluding tert-OH is 1. The van der Waals surface area contributed by atoms with Gasteiger partial charge in [0.25, 0.3) is 0 Å². The molecule has 0 fully saturated rings. The highest BCUT2D eigenvalue weighted by Gasteiger charge is 2.20. The number of amides is 1. The highest BCUT2D eigenvalue weighted by molar-refractivity contribution is 7.80. The van der Waals surface area contributed by atoms with Crippen LogP contribution in [0.25, 0.3) is 0 Å². The first-order chi connectivity index (χ1) is 5.99. The van der Waals surface area contributed by atoms with Gasteiger partial charge >= 0.3 is 5.97 Å². The van der Waals surface area contributed by atoms with Crippen molar-refractivity contribution in [2.24, 2.45) is 0 Å². The summed E-state index contributed by atoms with van der Waals surface area (Å²) in [6.07, 6.45) is -0.960. The topological polar surface area (TPSA) is 86.6 Å². The molecule has 0 bridgehead atoms. The van der Waals surface area contributed by atoms with Gasteiger partial charge in [-0.2, -0.15) is 12.6 Å². The first-order valence-corrected chi connectivity index (χ1v) is 4.44. The van der Waals surface area contributed by atoms with E-state index in [9.17, 15) is 9.59 Å². The van der Waals surface area contributed by atoms with Crippen LogP contribution in [-0.2, 0) is 9.59 Å². The van der Waals surface area contributed by atoms with Crippen molar-refractivity contribution < 1.29 is 19.8 Å². The molecule has 0 aromatic rings. The molecule has 0 radical (unpaired) electrons. The number of thiol groups is 1. The summed E-state index contributed by atoms with van der Waals surface area (Å²) in [5.41, 5.74) is 0. The van der Waals surface area contributed by atoms with Crippen molar-refractivity contribution in [3.05, 3.63) is 0 Å². The molecule has 6 heteroatoms. The quantitative estimate of drug-likeness (QED) is 0.447. The molecule has 0 heterocycles. The predicted molar refractivity (Wildman–Crippen MR) is 49.7 cm³/mol. The van der Waals surface area contributed by atoms with Gasteiger partial charge in [0.2, 0.25) is 5.91 Å². The summed E-state index contributed by atoms with van der Waals surface area (Å²) < 4.78 is 0. The minimum atomic E-state index is -1.19. The molecular weight excluding hydrogens is 194 g/mol. The van der Waals surface area contributed by atoms with Crippen LogP contribution in [0.1, 0.15) is 13.3 Å². The Labute approximate surface area is 81.5 Å². The van der Waals surface area contributed by atoms with Gasteiger partial charge < -0.3 is 15.5 Å². The lowest BCUT2D eigenvalue weighted by atomic mass is 10.2. The molecule has 2 atom stereocenters. The van der Waals surface area contributed by atoms with E-state index in [2.05, 4.69) is 17.9 Å². The van der Waals surface area contributed by atoms with E-state index in [0.29, 0.717) is 5.75 Å². The highest BCUT2D eigenvalue weighted by Crippen LogP contribution is 1.95. The second-order valence-electron chi connectivity index (χ2n) is 2.59. The standard InChI is InChI=1S/C7H13NO4S/c1-4(9)6(10)8-5(2-3-13)7(11)12/h4-5,9,13H,2-3H2,1H3,(H,8,10)(H,11,12)/t4-,5+/m1/s1. The summed E-state index contributed by atoms with van der Waals surface area (Å²) in [5.74, 6) is -1.45. The fraction of sp³-hybridized carbons (Fsp3) is 0.714. The van der Waals surface area contributed by atoms with Crippen molar-refractivity contribution in [2.45, 2.75) is 25.5 Å². The van der Waals surface area contributed by atoms with E-state index >= 15 is 0 Å². The molecule has 0 saturated heterocycles. The lowest BCUT2D eigenvalue weighted by molar-refractivity contribution is -0.143. The highest BCUT2D eigenvalue weighted by atomic mass is 32.1. The largest absolute Gasteiger partial charge is 0.480 e. The van der Waals surface area contributed by atoms with Crippen LogP contribution in [0, 0.1) is 0 Å². The molecule has 0 aliphatic rings. The van der Waals surface area contributed by atoms with Crippen LogP contribution in [0.15, 0.2) is 0 Å². The number of nitrogens with one attached hydrogen (secondary N) is 1. The van der Waals surface area contributed by atoms with E-state index in [1.54, 1.807) is 0 Å². The van der Waals surface area contributed by atoms with Crippen molar-refractivity contribution in [2.75, 3.05) is 5.75 Å². The molecule has 13 heavy (non-hydrogen) atoms. The molecule has 0 aliphatic heterocycles. The first kappa shape index (κ1) is 12.2. The van der Waals surface area contributed by atoms with Crippen molar-refractivity contribution >= 4 is 24.5 Å². The number of rotatable bonds is 5.